The highest BCUT2D eigenvalue weighted by Crippen LogP contribution is 2.22. The summed E-state index contributed by atoms with van der Waals surface area (Å²) in [6.07, 6.45) is 5.57. The zero-order valence-corrected chi connectivity index (χ0v) is 21.6. The first kappa shape index (κ1) is 25.7. The molecule has 4 heterocycles. The minimum absolute atomic E-state index is 0.0491. The fourth-order valence-electron chi connectivity index (χ4n) is 3.85. The second-order valence-electron chi connectivity index (χ2n) is 8.39. The van der Waals surface area contributed by atoms with Crippen LogP contribution in [0, 0.1) is 22.7 Å². The van der Waals surface area contributed by atoms with Crippen molar-refractivity contribution in [3.05, 3.63) is 112 Å². The number of aromatic nitrogens is 4. The summed E-state index contributed by atoms with van der Waals surface area (Å²) in [5, 5.41) is 20.6. The van der Waals surface area contributed by atoms with Gasteiger partial charge in [0, 0.05) is 36.0 Å². The maximum Gasteiger partial charge on any atom is 0.229 e. The lowest BCUT2D eigenvalue weighted by Crippen LogP contribution is -1.89. The fourth-order valence-corrected chi connectivity index (χ4v) is 4.19. The molecule has 0 saturated heterocycles. The number of pyridine rings is 2. The third-order valence-corrected chi connectivity index (χ3v) is 6.02. The Balaban J connectivity index is 0.000000158. The Hall–Kier alpha value is -4.96. The molecular formula is C28H17Cl2N7O2. The molecule has 2 N–H and O–H groups in total. The lowest BCUT2D eigenvalue weighted by molar-refractivity contribution is 0.507. The zero-order valence-electron chi connectivity index (χ0n) is 20.1. The Morgan fingerprint density at radius 2 is 1.36 bits per heavy atom. The highest BCUT2D eigenvalue weighted by Gasteiger charge is 2.11. The van der Waals surface area contributed by atoms with Gasteiger partial charge >= 0.3 is 0 Å². The van der Waals surface area contributed by atoms with E-state index < -0.39 is 0 Å². The summed E-state index contributed by atoms with van der Waals surface area (Å²) in [4.78, 5) is 16.5. The molecule has 39 heavy (non-hydrogen) atoms. The Kier molecular flexibility index (Phi) is 7.37. The molecule has 9 nitrogen and oxygen atoms in total. The average molecular weight is 554 g/mol. The molecule has 6 rings (SSSR count). The molecule has 0 radical (unpaired) electrons. The Morgan fingerprint density at radius 3 is 1.87 bits per heavy atom. The Bertz CT molecular complexity index is 1900. The van der Waals surface area contributed by atoms with Crippen LogP contribution in [-0.4, -0.2) is 19.9 Å². The van der Waals surface area contributed by atoms with Crippen LogP contribution in [0.25, 0.3) is 21.8 Å². The van der Waals surface area contributed by atoms with E-state index in [-0.39, 0.29) is 11.6 Å². The van der Waals surface area contributed by atoms with Gasteiger partial charge in [-0.3, -0.25) is 9.97 Å². The SMILES string of the molecule is N#Cc1coc(Cc2ccc3ncc(Cl)cc3c2)n1.N#Cc1nc(Cc2ccc3ncc(Cl)cc3c2)oc1N. The lowest BCUT2D eigenvalue weighted by Gasteiger charge is -2.01. The topological polar surface area (TPSA) is 151 Å². The molecule has 0 bridgehead atoms. The summed E-state index contributed by atoms with van der Waals surface area (Å²) in [6.45, 7) is 0. The average Bonchev–Trinajstić information content (AvgIpc) is 3.53. The second kappa shape index (κ2) is 11.2. The van der Waals surface area contributed by atoms with Crippen LogP contribution < -0.4 is 5.73 Å². The van der Waals surface area contributed by atoms with E-state index in [1.165, 1.54) is 6.26 Å². The molecule has 0 fully saturated rings. The highest BCUT2D eigenvalue weighted by atomic mass is 35.5. The number of anilines is 1. The number of rotatable bonds is 4. The van der Waals surface area contributed by atoms with Gasteiger partial charge in [-0.05, 0) is 47.5 Å². The van der Waals surface area contributed by atoms with Gasteiger partial charge in [-0.25, -0.2) is 9.97 Å². The van der Waals surface area contributed by atoms with Crippen molar-refractivity contribution in [3.63, 3.8) is 0 Å². The number of nitrogens with two attached hydrogens (primary N) is 1. The normalized spacial score (nSPS) is 10.6. The van der Waals surface area contributed by atoms with Gasteiger partial charge in [0.2, 0.25) is 17.5 Å². The van der Waals surface area contributed by atoms with Gasteiger partial charge in [0.15, 0.2) is 11.6 Å². The molecule has 0 amide bonds. The number of oxazole rings is 2. The van der Waals surface area contributed by atoms with E-state index in [0.717, 1.165) is 32.9 Å². The first-order valence-corrected chi connectivity index (χ1v) is 12.2. The first-order valence-electron chi connectivity index (χ1n) is 11.5. The van der Waals surface area contributed by atoms with Gasteiger partial charge in [0.05, 0.1) is 21.1 Å². The van der Waals surface area contributed by atoms with Gasteiger partial charge in [-0.1, -0.05) is 35.3 Å². The van der Waals surface area contributed by atoms with E-state index in [1.54, 1.807) is 12.4 Å². The molecule has 0 spiro atoms. The van der Waals surface area contributed by atoms with Crippen LogP contribution in [0.1, 0.15) is 34.3 Å². The number of benzene rings is 2. The molecule has 2 aromatic carbocycles. The molecule has 6 aromatic rings. The van der Waals surface area contributed by atoms with E-state index in [0.29, 0.717) is 40.4 Å². The summed E-state index contributed by atoms with van der Waals surface area (Å²) in [5.41, 5.74) is 9.71. The van der Waals surface area contributed by atoms with Crippen LogP contribution in [0.5, 0.6) is 0 Å². The number of nitrogen functional groups attached to an aromatic ring is 1. The molecule has 11 heteroatoms. The zero-order chi connectivity index (χ0) is 27.4. The van der Waals surface area contributed by atoms with Crippen molar-refractivity contribution in [1.29, 1.82) is 10.5 Å². The number of fused-ring (bicyclic) bond motifs is 2. The van der Waals surface area contributed by atoms with Crippen LogP contribution in [-0.2, 0) is 12.8 Å². The molecular weight excluding hydrogens is 537 g/mol. The van der Waals surface area contributed by atoms with Crippen molar-refractivity contribution in [2.24, 2.45) is 0 Å². The van der Waals surface area contributed by atoms with Crippen molar-refractivity contribution in [2.75, 3.05) is 5.73 Å². The molecule has 0 aliphatic rings. The van der Waals surface area contributed by atoms with Gasteiger partial charge in [0.1, 0.15) is 18.4 Å². The van der Waals surface area contributed by atoms with Crippen LogP contribution in [0.3, 0.4) is 0 Å². The van der Waals surface area contributed by atoms with Crippen LogP contribution >= 0.6 is 23.2 Å². The Labute approximate surface area is 232 Å². The maximum atomic E-state index is 8.79. The highest BCUT2D eigenvalue weighted by molar-refractivity contribution is 6.31. The molecule has 0 atom stereocenters. The molecule has 0 saturated carbocycles. The lowest BCUT2D eigenvalue weighted by atomic mass is 10.1. The van der Waals surface area contributed by atoms with E-state index in [2.05, 4.69) is 19.9 Å². The molecule has 0 aliphatic heterocycles. The predicted octanol–water partition coefficient (Wildman–Crippen LogP) is 6.26. The van der Waals surface area contributed by atoms with Crippen LogP contribution in [0.4, 0.5) is 5.88 Å². The fraction of sp³-hybridized carbons (Fsp3) is 0.0714. The van der Waals surface area contributed by atoms with Crippen molar-refractivity contribution in [2.45, 2.75) is 12.8 Å². The third kappa shape index (κ3) is 6.13. The monoisotopic (exact) mass is 553 g/mol. The minimum Gasteiger partial charge on any atom is -0.447 e. The van der Waals surface area contributed by atoms with Gasteiger partial charge in [0.25, 0.3) is 0 Å². The van der Waals surface area contributed by atoms with Crippen molar-refractivity contribution in [3.8, 4) is 12.1 Å². The molecule has 190 valence electrons. The number of hydrogen-bond acceptors (Lipinski definition) is 9. The van der Waals surface area contributed by atoms with Gasteiger partial charge < -0.3 is 14.6 Å². The van der Waals surface area contributed by atoms with E-state index in [9.17, 15) is 0 Å². The maximum absolute atomic E-state index is 8.79. The smallest absolute Gasteiger partial charge is 0.229 e. The number of hydrogen-bond donors (Lipinski definition) is 1. The summed E-state index contributed by atoms with van der Waals surface area (Å²) < 4.78 is 10.5. The Morgan fingerprint density at radius 1 is 0.769 bits per heavy atom. The molecule has 0 unspecified atom stereocenters. The van der Waals surface area contributed by atoms with Gasteiger partial charge in [-0.2, -0.15) is 10.5 Å². The number of nitriles is 2. The summed E-state index contributed by atoms with van der Waals surface area (Å²) >= 11 is 11.9. The first-order chi connectivity index (χ1) is 18.9. The van der Waals surface area contributed by atoms with Crippen LogP contribution in [0.15, 0.2) is 76.0 Å². The predicted molar refractivity (Wildman–Crippen MR) is 146 cm³/mol. The van der Waals surface area contributed by atoms with Crippen molar-refractivity contribution >= 4 is 50.9 Å². The third-order valence-electron chi connectivity index (χ3n) is 5.61. The molecule has 4 aromatic heterocycles. The minimum atomic E-state index is 0.0491. The van der Waals surface area contributed by atoms with Gasteiger partial charge in [-0.15, -0.1) is 0 Å². The summed E-state index contributed by atoms with van der Waals surface area (Å²) in [5.74, 6) is 0.979. The summed E-state index contributed by atoms with van der Waals surface area (Å²) in [7, 11) is 0. The largest absolute Gasteiger partial charge is 0.447 e. The van der Waals surface area contributed by atoms with Crippen LogP contribution in [0.2, 0.25) is 10.0 Å². The van der Waals surface area contributed by atoms with E-state index >= 15 is 0 Å². The standard InChI is InChI=1S/C14H9ClN4O.C14H8ClN3O/c15-10-5-9-3-8(1-2-11(9)18-7-10)4-13-19-12(6-16)14(17)20-13;15-11-5-10-3-9(1-2-13(10)17-7-11)4-14-18-12(6-16)8-19-14/h1-3,5,7H,4,17H2;1-3,5,7-8H,4H2. The number of halogens is 2. The summed E-state index contributed by atoms with van der Waals surface area (Å²) in [6, 6.07) is 19.2. The van der Waals surface area contributed by atoms with Crippen molar-refractivity contribution < 1.29 is 8.83 Å². The number of nitrogens with zero attached hydrogens (tertiary/aromatic N) is 6. The quantitative estimate of drug-likeness (QED) is 0.266. The second-order valence-corrected chi connectivity index (χ2v) is 9.26. The van der Waals surface area contributed by atoms with Crippen molar-refractivity contribution in [1.82, 2.24) is 19.9 Å². The van der Waals surface area contributed by atoms with E-state index in [4.69, 9.17) is 48.3 Å². The molecule has 0 aliphatic carbocycles. The van der Waals surface area contributed by atoms with E-state index in [1.807, 2.05) is 60.7 Å².